The van der Waals surface area contributed by atoms with Crippen molar-refractivity contribution >= 4 is 61.4 Å². The molecule has 2 aromatic heterocycles. The molecule has 4 heteroatoms. The monoisotopic (exact) mass is 879 g/mol. The normalized spacial score (nSPS) is 13.0. The Labute approximate surface area is 401 Å². The Kier molecular flexibility index (Phi) is 8.84. The third-order valence-electron chi connectivity index (χ3n) is 15.7. The summed E-state index contributed by atoms with van der Waals surface area (Å²) in [6.07, 6.45) is 0. The van der Waals surface area contributed by atoms with E-state index in [1.54, 1.807) is 0 Å². The topological polar surface area (TPSA) is 33.6 Å². The molecule has 0 spiro atoms. The number of aryl methyl sites for hydroxylation is 6. The molecule has 68 heavy (non-hydrogen) atoms. The molecule has 0 radical (unpaired) electrons. The van der Waals surface area contributed by atoms with Crippen LogP contribution < -0.4 is 10.9 Å². The summed E-state index contributed by atoms with van der Waals surface area (Å²) in [7, 11) is 0. The second-order valence-electron chi connectivity index (χ2n) is 22.5. The molecule has 0 fully saturated rings. The minimum absolute atomic E-state index is 0.0134. The van der Waals surface area contributed by atoms with Crippen molar-refractivity contribution in [2.24, 2.45) is 0 Å². The first-order valence-corrected chi connectivity index (χ1v) is 24.4. The van der Waals surface area contributed by atoms with Crippen molar-refractivity contribution in [3.63, 3.8) is 0 Å². The number of rotatable bonds is 3. The molecule has 2 aliphatic heterocycles. The van der Waals surface area contributed by atoms with Gasteiger partial charge in [-0.1, -0.05) is 107 Å². The summed E-state index contributed by atoms with van der Waals surface area (Å²) in [5.74, 6) is 0. The van der Waals surface area contributed by atoms with Crippen LogP contribution in [-0.2, 0) is 10.8 Å². The predicted molar refractivity (Wildman–Crippen MR) is 291 cm³/mol. The Morgan fingerprint density at radius 3 is 1.63 bits per heavy atom. The van der Waals surface area contributed by atoms with Crippen LogP contribution >= 0.6 is 0 Å². The number of nitriles is 1. The molecule has 8 aromatic carbocycles. The Morgan fingerprint density at radius 2 is 1.01 bits per heavy atom. The van der Waals surface area contributed by atoms with Gasteiger partial charge in [-0.25, -0.2) is 0 Å². The third kappa shape index (κ3) is 5.91. The second-order valence-corrected chi connectivity index (χ2v) is 22.5. The quantitative estimate of drug-likeness (QED) is 0.163. The van der Waals surface area contributed by atoms with Gasteiger partial charge in [-0.05, 0) is 209 Å². The van der Waals surface area contributed by atoms with E-state index in [0.717, 1.165) is 5.56 Å². The fourth-order valence-electron chi connectivity index (χ4n) is 12.8. The molecule has 0 aliphatic carbocycles. The molecule has 0 amide bonds. The van der Waals surface area contributed by atoms with Crippen LogP contribution in [0.3, 0.4) is 0 Å². The molecule has 4 heterocycles. The van der Waals surface area contributed by atoms with Gasteiger partial charge in [0.15, 0.2) is 0 Å². The highest BCUT2D eigenvalue weighted by atomic mass is 15.0. The van der Waals surface area contributed by atoms with Crippen LogP contribution in [0.5, 0.6) is 0 Å². The summed E-state index contributed by atoms with van der Waals surface area (Å²) in [6, 6.07) is 47.1. The lowest BCUT2D eigenvalue weighted by molar-refractivity contribution is 0.590. The highest BCUT2D eigenvalue weighted by molar-refractivity contribution is 6.90. The lowest BCUT2D eigenvalue weighted by atomic mass is 9.45. The number of benzene rings is 8. The summed E-state index contributed by atoms with van der Waals surface area (Å²) in [5.41, 5.74) is 31.4. The largest absolute Gasteiger partial charge is 0.375 e. The molecule has 0 unspecified atom stereocenters. The molecular formula is C64H58BN3. The van der Waals surface area contributed by atoms with E-state index in [4.69, 9.17) is 0 Å². The van der Waals surface area contributed by atoms with Gasteiger partial charge in [0.05, 0.1) is 22.7 Å². The van der Waals surface area contributed by atoms with E-state index in [1.165, 1.54) is 149 Å². The minimum atomic E-state index is -0.103. The molecule has 2 aliphatic rings. The Hall–Kier alpha value is -7.09. The smallest absolute Gasteiger partial charge is 0.333 e. The highest BCUT2D eigenvalue weighted by Crippen LogP contribution is 2.49. The van der Waals surface area contributed by atoms with Crippen LogP contribution in [0, 0.1) is 59.8 Å². The fourth-order valence-corrected chi connectivity index (χ4v) is 12.8. The van der Waals surface area contributed by atoms with Crippen LogP contribution in [0.2, 0.25) is 0 Å². The van der Waals surface area contributed by atoms with Crippen LogP contribution in [-0.4, -0.2) is 15.9 Å². The summed E-state index contributed by atoms with van der Waals surface area (Å²) in [4.78, 5) is 0. The average Bonchev–Trinajstić information content (AvgIpc) is 3.78. The zero-order chi connectivity index (χ0) is 47.6. The first-order valence-electron chi connectivity index (χ1n) is 24.4. The van der Waals surface area contributed by atoms with Gasteiger partial charge in [-0.15, -0.1) is 0 Å². The van der Waals surface area contributed by atoms with Crippen molar-refractivity contribution < 1.29 is 0 Å². The van der Waals surface area contributed by atoms with Gasteiger partial charge in [-0.3, -0.25) is 0 Å². The second kappa shape index (κ2) is 14.2. The van der Waals surface area contributed by atoms with Crippen LogP contribution in [0.15, 0.2) is 115 Å². The Bertz CT molecular complexity index is 3900. The molecule has 12 rings (SSSR count). The maximum Gasteiger partial charge on any atom is 0.333 e. The Balaban J connectivity index is 1.31. The molecule has 10 aromatic rings. The summed E-state index contributed by atoms with van der Waals surface area (Å²) < 4.78 is 5.36. The van der Waals surface area contributed by atoms with Gasteiger partial charge in [0.2, 0.25) is 0 Å². The van der Waals surface area contributed by atoms with E-state index in [9.17, 15) is 5.26 Å². The summed E-state index contributed by atoms with van der Waals surface area (Å²) in [5, 5.41) is 15.1. The first-order chi connectivity index (χ1) is 32.3. The third-order valence-corrected chi connectivity index (χ3v) is 15.7. The van der Waals surface area contributed by atoms with Gasteiger partial charge < -0.3 is 9.05 Å². The maximum atomic E-state index is 9.89. The molecule has 0 atom stereocenters. The zero-order valence-electron chi connectivity index (χ0n) is 41.9. The fraction of sp³-hybridized carbons (Fsp3) is 0.234. The average molecular weight is 880 g/mol. The van der Waals surface area contributed by atoms with Crippen LogP contribution in [0.4, 0.5) is 0 Å². The van der Waals surface area contributed by atoms with Crippen LogP contribution in [0.1, 0.15) is 97.2 Å². The Morgan fingerprint density at radius 1 is 0.471 bits per heavy atom. The lowest BCUT2D eigenvalue weighted by Crippen LogP contribution is -2.55. The number of hydrogen-bond donors (Lipinski definition) is 0. The van der Waals surface area contributed by atoms with Gasteiger partial charge in [0, 0.05) is 43.8 Å². The van der Waals surface area contributed by atoms with Crippen molar-refractivity contribution in [2.75, 3.05) is 0 Å². The van der Waals surface area contributed by atoms with Crippen molar-refractivity contribution in [3.8, 4) is 56.3 Å². The van der Waals surface area contributed by atoms with Gasteiger partial charge >= 0.3 is 6.85 Å². The summed E-state index contributed by atoms with van der Waals surface area (Å²) in [6.45, 7) is 29.8. The van der Waals surface area contributed by atoms with E-state index in [0.29, 0.717) is 5.56 Å². The van der Waals surface area contributed by atoms with E-state index in [2.05, 4.69) is 208 Å². The number of nitrogens with zero attached hydrogens (tertiary/aromatic N) is 3. The standard InChI is InChI=1S/C64H58BN3/c1-34-22-36(3)57(37(4)23-34)43-18-20-54-48(26-43)50-27-44(58-38(5)24-35(2)25-39(58)6)28-53-62(50)67(54)56-32-47(42-16-14-41(33-66)15-17-42)40(7)59-52-31-46(64(11,12)13)30-51-49-29-45(63(8,9)10)19-21-55(49)68(61(51)52)65(53)60(56)59/h14-32H,1-13H3. The predicted octanol–water partition coefficient (Wildman–Crippen LogP) is 15.5. The molecule has 3 nitrogen and oxygen atoms in total. The van der Waals surface area contributed by atoms with E-state index in [-0.39, 0.29) is 17.7 Å². The minimum Gasteiger partial charge on any atom is -0.375 e. The van der Waals surface area contributed by atoms with E-state index >= 15 is 0 Å². The van der Waals surface area contributed by atoms with Gasteiger partial charge in [0.25, 0.3) is 0 Å². The zero-order valence-corrected chi connectivity index (χ0v) is 41.9. The number of fused-ring (bicyclic) bond motifs is 10. The molecule has 0 saturated carbocycles. The molecule has 0 bridgehead atoms. The van der Waals surface area contributed by atoms with E-state index < -0.39 is 0 Å². The highest BCUT2D eigenvalue weighted by Gasteiger charge is 2.43. The SMILES string of the molecule is Cc1cc(C)c(-c2ccc3c(c2)c2cc(-c4c(C)cc(C)cc4C)cc4c2n3-c2cc(-c3ccc(C#N)cc3)c(C)c3c2B4n2c4ccc(C(C)(C)C)cc4c4cc(C(C)(C)C)cc-3c42)c(C)c1. The van der Waals surface area contributed by atoms with Gasteiger partial charge in [-0.2, -0.15) is 5.26 Å². The van der Waals surface area contributed by atoms with E-state index in [1.807, 2.05) is 12.1 Å². The van der Waals surface area contributed by atoms with Gasteiger partial charge in [0.1, 0.15) is 0 Å². The summed E-state index contributed by atoms with van der Waals surface area (Å²) >= 11 is 0. The first kappa shape index (κ1) is 42.3. The number of aromatic nitrogens is 2. The van der Waals surface area contributed by atoms with Crippen molar-refractivity contribution in [3.05, 3.63) is 171 Å². The number of hydrogen-bond acceptors (Lipinski definition) is 1. The molecule has 0 saturated heterocycles. The molecule has 332 valence electrons. The van der Waals surface area contributed by atoms with Crippen molar-refractivity contribution in [1.29, 1.82) is 5.26 Å². The van der Waals surface area contributed by atoms with Crippen molar-refractivity contribution in [1.82, 2.24) is 9.05 Å². The molecule has 0 N–H and O–H groups in total. The lowest BCUT2D eigenvalue weighted by Gasteiger charge is -2.36. The van der Waals surface area contributed by atoms with Crippen LogP contribution in [0.25, 0.3) is 93.8 Å². The van der Waals surface area contributed by atoms with Crippen molar-refractivity contribution in [2.45, 2.75) is 101 Å². The maximum absolute atomic E-state index is 9.89. The molecular weight excluding hydrogens is 822 g/mol.